The van der Waals surface area contributed by atoms with Crippen molar-refractivity contribution in [3.05, 3.63) is 52.3 Å². The van der Waals surface area contributed by atoms with E-state index in [0.717, 1.165) is 43.1 Å². The first-order chi connectivity index (χ1) is 11.6. The van der Waals surface area contributed by atoms with Crippen LogP contribution in [0.5, 0.6) is 0 Å². The first kappa shape index (κ1) is 17.8. The molecule has 2 aliphatic rings. The van der Waals surface area contributed by atoms with E-state index in [1.165, 1.54) is 12.1 Å². The van der Waals surface area contributed by atoms with Gasteiger partial charge in [0.05, 0.1) is 0 Å². The summed E-state index contributed by atoms with van der Waals surface area (Å²) in [5.41, 5.74) is 2.32. The highest BCUT2D eigenvalue weighted by Crippen LogP contribution is 2.48. The van der Waals surface area contributed by atoms with E-state index in [0.29, 0.717) is 24.3 Å². The predicted molar refractivity (Wildman–Crippen MR) is 90.8 cm³/mol. The van der Waals surface area contributed by atoms with E-state index in [1.807, 2.05) is 0 Å². The van der Waals surface area contributed by atoms with E-state index >= 15 is 0 Å². The molecule has 3 N–H and O–H groups in total. The van der Waals surface area contributed by atoms with Crippen molar-refractivity contribution in [2.45, 2.75) is 31.2 Å². The highest BCUT2D eigenvalue weighted by Gasteiger charge is 2.46. The van der Waals surface area contributed by atoms with Gasteiger partial charge in [0.2, 0.25) is 0 Å². The molecule has 0 radical (unpaired) electrons. The molecule has 1 aliphatic carbocycles. The van der Waals surface area contributed by atoms with Gasteiger partial charge in [0.1, 0.15) is 11.6 Å². The van der Waals surface area contributed by atoms with Gasteiger partial charge < -0.3 is 10.6 Å². The summed E-state index contributed by atoms with van der Waals surface area (Å²) in [6, 6.07) is 3.63. The Morgan fingerprint density at radius 2 is 2.12 bits per heavy atom. The summed E-state index contributed by atoms with van der Waals surface area (Å²) in [6.45, 7) is 1.80. The SMILES string of the molecule is Cl.O=C(NCC1(c2ccc(F)cc2F)CC1)c1n[nH]c2c1CNCC2. The minimum Gasteiger partial charge on any atom is -0.350 e. The molecule has 134 valence electrons. The van der Waals surface area contributed by atoms with Gasteiger partial charge >= 0.3 is 0 Å². The van der Waals surface area contributed by atoms with Crippen LogP contribution in [0.4, 0.5) is 8.78 Å². The van der Waals surface area contributed by atoms with Crippen LogP contribution in [0.2, 0.25) is 0 Å². The zero-order valence-electron chi connectivity index (χ0n) is 13.5. The van der Waals surface area contributed by atoms with Crippen molar-refractivity contribution in [3.63, 3.8) is 0 Å². The zero-order valence-corrected chi connectivity index (χ0v) is 14.3. The molecule has 0 bridgehead atoms. The van der Waals surface area contributed by atoms with E-state index in [1.54, 1.807) is 0 Å². The van der Waals surface area contributed by atoms with Gasteiger partial charge in [-0.2, -0.15) is 5.10 Å². The van der Waals surface area contributed by atoms with Gasteiger partial charge in [0, 0.05) is 48.8 Å². The van der Waals surface area contributed by atoms with Crippen LogP contribution in [0.3, 0.4) is 0 Å². The van der Waals surface area contributed by atoms with Gasteiger partial charge in [-0.3, -0.25) is 9.89 Å². The summed E-state index contributed by atoms with van der Waals surface area (Å²) in [7, 11) is 0. The molecule has 2 aromatic rings. The van der Waals surface area contributed by atoms with Crippen LogP contribution >= 0.6 is 12.4 Å². The maximum Gasteiger partial charge on any atom is 0.272 e. The number of aromatic nitrogens is 2. The lowest BCUT2D eigenvalue weighted by Gasteiger charge is -2.18. The normalized spacial score (nSPS) is 17.4. The van der Waals surface area contributed by atoms with Crippen molar-refractivity contribution in [1.29, 1.82) is 0 Å². The van der Waals surface area contributed by atoms with Crippen molar-refractivity contribution in [3.8, 4) is 0 Å². The number of nitrogens with zero attached hydrogens (tertiary/aromatic N) is 1. The Kier molecular flexibility index (Phi) is 4.79. The topological polar surface area (TPSA) is 69.8 Å². The number of hydrogen-bond acceptors (Lipinski definition) is 3. The predicted octanol–water partition coefficient (Wildman–Crippen LogP) is 2.22. The van der Waals surface area contributed by atoms with Gasteiger partial charge in [-0.15, -0.1) is 12.4 Å². The van der Waals surface area contributed by atoms with Gasteiger partial charge in [-0.1, -0.05) is 6.07 Å². The van der Waals surface area contributed by atoms with Gasteiger partial charge in [0.15, 0.2) is 5.69 Å². The molecule has 1 aromatic carbocycles. The molecule has 25 heavy (non-hydrogen) atoms. The molecule has 0 unspecified atom stereocenters. The third-order valence-electron chi connectivity index (χ3n) is 4.96. The van der Waals surface area contributed by atoms with Gasteiger partial charge in [0.25, 0.3) is 5.91 Å². The molecule has 0 saturated heterocycles. The zero-order chi connectivity index (χ0) is 16.7. The van der Waals surface area contributed by atoms with E-state index in [2.05, 4.69) is 20.8 Å². The summed E-state index contributed by atoms with van der Waals surface area (Å²) in [5.74, 6) is -1.40. The lowest BCUT2D eigenvalue weighted by Crippen LogP contribution is -2.34. The number of rotatable bonds is 4. The largest absolute Gasteiger partial charge is 0.350 e. The molecular weight excluding hydrogens is 350 g/mol. The fourth-order valence-electron chi connectivity index (χ4n) is 3.36. The van der Waals surface area contributed by atoms with E-state index < -0.39 is 17.0 Å². The van der Waals surface area contributed by atoms with E-state index in [9.17, 15) is 13.6 Å². The van der Waals surface area contributed by atoms with Gasteiger partial charge in [-0.25, -0.2) is 8.78 Å². The molecule has 8 heteroatoms. The van der Waals surface area contributed by atoms with Crippen LogP contribution in [-0.4, -0.2) is 29.2 Å². The van der Waals surface area contributed by atoms with Crippen LogP contribution < -0.4 is 10.6 Å². The summed E-state index contributed by atoms with van der Waals surface area (Å²) in [4.78, 5) is 12.4. The van der Waals surface area contributed by atoms with Crippen molar-refractivity contribution in [2.75, 3.05) is 13.1 Å². The quantitative estimate of drug-likeness (QED) is 0.775. The number of carbonyl (C=O) groups excluding carboxylic acids is 1. The average molecular weight is 369 g/mol. The molecule has 1 fully saturated rings. The lowest BCUT2D eigenvalue weighted by molar-refractivity contribution is 0.0943. The highest BCUT2D eigenvalue weighted by atomic mass is 35.5. The Morgan fingerprint density at radius 3 is 2.84 bits per heavy atom. The first-order valence-electron chi connectivity index (χ1n) is 8.10. The Labute approximate surface area is 150 Å². The monoisotopic (exact) mass is 368 g/mol. The highest BCUT2D eigenvalue weighted by molar-refractivity contribution is 5.94. The molecule has 1 aromatic heterocycles. The standard InChI is InChI=1S/C17H18F2N4O.ClH/c18-10-1-2-12(13(19)7-10)17(4-5-17)9-21-16(24)15-11-8-20-6-3-14(11)22-23-15;/h1-2,7,20H,3-6,8-9H2,(H,21,24)(H,22,23);1H. The number of benzene rings is 1. The van der Waals surface area contributed by atoms with Crippen LogP contribution in [-0.2, 0) is 18.4 Å². The summed E-state index contributed by atoms with van der Waals surface area (Å²) < 4.78 is 27.1. The number of halogens is 3. The Hall–Kier alpha value is -1.99. The fourth-order valence-corrected chi connectivity index (χ4v) is 3.36. The van der Waals surface area contributed by atoms with Crippen LogP contribution in [0.15, 0.2) is 18.2 Å². The van der Waals surface area contributed by atoms with Crippen molar-refractivity contribution < 1.29 is 13.6 Å². The van der Waals surface area contributed by atoms with Crippen LogP contribution in [0.25, 0.3) is 0 Å². The molecule has 5 nitrogen and oxygen atoms in total. The Morgan fingerprint density at radius 1 is 1.32 bits per heavy atom. The van der Waals surface area contributed by atoms with E-state index in [-0.39, 0.29) is 18.3 Å². The maximum atomic E-state index is 14.0. The number of fused-ring (bicyclic) bond motifs is 1. The van der Waals surface area contributed by atoms with Crippen LogP contribution in [0.1, 0.15) is 40.2 Å². The maximum absolute atomic E-state index is 14.0. The number of aromatic amines is 1. The molecule has 1 aliphatic heterocycles. The fraction of sp³-hybridized carbons (Fsp3) is 0.412. The van der Waals surface area contributed by atoms with Crippen molar-refractivity contribution >= 4 is 18.3 Å². The summed E-state index contributed by atoms with van der Waals surface area (Å²) >= 11 is 0. The number of H-pyrrole nitrogens is 1. The minimum absolute atomic E-state index is 0. The average Bonchev–Trinajstić information content (AvgIpc) is 3.23. The number of nitrogens with one attached hydrogen (secondary N) is 3. The molecular formula is C17H19ClF2N4O. The molecule has 1 amide bonds. The molecule has 1 saturated carbocycles. The smallest absolute Gasteiger partial charge is 0.272 e. The van der Waals surface area contributed by atoms with Crippen LogP contribution in [0, 0.1) is 11.6 Å². The second kappa shape index (κ2) is 6.72. The lowest BCUT2D eigenvalue weighted by atomic mass is 9.95. The molecule has 0 spiro atoms. The third kappa shape index (κ3) is 3.26. The number of carbonyl (C=O) groups is 1. The van der Waals surface area contributed by atoms with E-state index in [4.69, 9.17) is 0 Å². The first-order valence-corrected chi connectivity index (χ1v) is 8.10. The summed E-state index contributed by atoms with van der Waals surface area (Å²) in [6.07, 6.45) is 2.37. The second-order valence-electron chi connectivity index (χ2n) is 6.54. The third-order valence-corrected chi connectivity index (χ3v) is 4.96. The summed E-state index contributed by atoms with van der Waals surface area (Å²) in [5, 5.41) is 13.1. The van der Waals surface area contributed by atoms with Crippen molar-refractivity contribution in [2.24, 2.45) is 0 Å². The number of hydrogen-bond donors (Lipinski definition) is 3. The molecule has 2 heterocycles. The second-order valence-corrected chi connectivity index (χ2v) is 6.54. The molecule has 4 rings (SSSR count). The Balaban J connectivity index is 0.00000182. The molecule has 0 atom stereocenters. The number of amides is 1. The van der Waals surface area contributed by atoms with Crippen molar-refractivity contribution in [1.82, 2.24) is 20.8 Å². The Bertz CT molecular complexity index is 804. The van der Waals surface area contributed by atoms with Gasteiger partial charge in [-0.05, 0) is 24.5 Å². The minimum atomic E-state index is -0.591.